The molecule has 3 amide bonds. The molecule has 1 aromatic carbocycles. The number of carbonyl (C=O) groups excluding carboxylic acids is 4. The Morgan fingerprint density at radius 1 is 1.22 bits per heavy atom. The number of ether oxygens (including phenoxy) is 1. The maximum absolute atomic E-state index is 12.1. The first-order valence-corrected chi connectivity index (χ1v) is 6.71. The lowest BCUT2D eigenvalue weighted by Crippen LogP contribution is -2.46. The molecule has 0 aliphatic carbocycles. The molecule has 0 unspecified atom stereocenters. The van der Waals surface area contributed by atoms with Gasteiger partial charge in [-0.1, -0.05) is 30.3 Å². The van der Waals surface area contributed by atoms with Gasteiger partial charge in [0.05, 0.1) is 13.7 Å². The summed E-state index contributed by atoms with van der Waals surface area (Å²) >= 11 is 0. The van der Waals surface area contributed by atoms with Crippen LogP contribution in [0.25, 0.3) is 6.08 Å². The number of urea groups is 1. The summed E-state index contributed by atoms with van der Waals surface area (Å²) < 4.78 is 4.45. The number of rotatable bonds is 6. The van der Waals surface area contributed by atoms with Crippen LogP contribution < -0.4 is 0 Å². The molecule has 0 saturated carbocycles. The van der Waals surface area contributed by atoms with Crippen molar-refractivity contribution in [3.05, 3.63) is 42.0 Å². The van der Waals surface area contributed by atoms with Crippen molar-refractivity contribution in [3.8, 4) is 0 Å². The number of imide groups is 1. The molecule has 0 bridgehead atoms. The Balaban J connectivity index is 2.81. The van der Waals surface area contributed by atoms with Crippen LogP contribution in [0.5, 0.6) is 0 Å². The van der Waals surface area contributed by atoms with E-state index in [1.54, 1.807) is 24.3 Å². The normalized spacial score (nSPS) is 10.2. The third-order valence-electron chi connectivity index (χ3n) is 2.86. The highest BCUT2D eigenvalue weighted by Crippen LogP contribution is 2.04. The van der Waals surface area contributed by atoms with E-state index in [4.69, 9.17) is 0 Å². The van der Waals surface area contributed by atoms with E-state index < -0.39 is 24.5 Å². The first-order chi connectivity index (χ1) is 11.0. The van der Waals surface area contributed by atoms with E-state index in [1.807, 2.05) is 6.07 Å². The quantitative estimate of drug-likeness (QED) is 0.574. The number of hydrogen-bond acceptors (Lipinski definition) is 5. The molecule has 7 nitrogen and oxygen atoms in total. The molecule has 0 fully saturated rings. The standard InChI is InChI=1S/C16H17N2O5/c1-17(12-15(21)23-2)16(22)18(10-11-19)14(20)9-8-13-6-4-3-5-7-13/h3-9H,10,12H2,1-2H3/b9-8+. The van der Waals surface area contributed by atoms with Crippen LogP contribution in [-0.4, -0.2) is 61.2 Å². The molecule has 0 atom stereocenters. The second kappa shape index (κ2) is 9.14. The van der Waals surface area contributed by atoms with Crippen LogP contribution in [0.15, 0.2) is 36.4 Å². The van der Waals surface area contributed by atoms with Crippen molar-refractivity contribution in [2.45, 2.75) is 0 Å². The second-order valence-electron chi connectivity index (χ2n) is 4.53. The van der Waals surface area contributed by atoms with Gasteiger partial charge in [-0.15, -0.1) is 0 Å². The Hall–Kier alpha value is -2.96. The lowest BCUT2D eigenvalue weighted by atomic mass is 10.2. The predicted molar refractivity (Wildman–Crippen MR) is 82.9 cm³/mol. The second-order valence-corrected chi connectivity index (χ2v) is 4.53. The zero-order chi connectivity index (χ0) is 17.2. The summed E-state index contributed by atoms with van der Waals surface area (Å²) in [5.74, 6) is -1.32. The average molecular weight is 317 g/mol. The SMILES string of the molecule is COC(=O)CN(C)C(=O)N(C[C]=O)C(=O)/C=C/c1ccccc1. The van der Waals surface area contributed by atoms with E-state index in [1.165, 1.54) is 32.6 Å². The van der Waals surface area contributed by atoms with Gasteiger partial charge in [-0.2, -0.15) is 0 Å². The summed E-state index contributed by atoms with van der Waals surface area (Å²) in [6, 6.07) is 8.21. The summed E-state index contributed by atoms with van der Waals surface area (Å²) in [5.41, 5.74) is 0.770. The van der Waals surface area contributed by atoms with Crippen LogP contribution in [0.3, 0.4) is 0 Å². The smallest absolute Gasteiger partial charge is 0.327 e. The Morgan fingerprint density at radius 3 is 2.43 bits per heavy atom. The number of hydrogen-bond donors (Lipinski definition) is 0. The van der Waals surface area contributed by atoms with Gasteiger partial charge >= 0.3 is 12.0 Å². The largest absolute Gasteiger partial charge is 0.468 e. The average Bonchev–Trinajstić information content (AvgIpc) is 2.57. The molecule has 0 heterocycles. The van der Waals surface area contributed by atoms with Crippen LogP contribution in [0.4, 0.5) is 4.79 Å². The number of nitrogens with zero attached hydrogens (tertiary/aromatic N) is 2. The minimum atomic E-state index is -0.790. The Morgan fingerprint density at radius 2 is 1.87 bits per heavy atom. The maximum Gasteiger partial charge on any atom is 0.327 e. The topological polar surface area (TPSA) is 84.0 Å². The number of carbonyl (C=O) groups is 3. The summed E-state index contributed by atoms with van der Waals surface area (Å²) in [6.45, 7) is -0.858. The van der Waals surface area contributed by atoms with Gasteiger partial charge in [0.1, 0.15) is 6.54 Å². The van der Waals surface area contributed by atoms with Crippen LogP contribution in [0.2, 0.25) is 0 Å². The van der Waals surface area contributed by atoms with Gasteiger partial charge in [-0.3, -0.25) is 19.3 Å². The number of amides is 3. The van der Waals surface area contributed by atoms with Crippen LogP contribution in [0, 0.1) is 0 Å². The van der Waals surface area contributed by atoms with Gasteiger partial charge in [-0.25, -0.2) is 4.79 Å². The number of benzene rings is 1. The van der Waals surface area contributed by atoms with Gasteiger partial charge < -0.3 is 9.64 Å². The van der Waals surface area contributed by atoms with Gasteiger partial charge in [-0.05, 0) is 11.6 Å². The third-order valence-corrected chi connectivity index (χ3v) is 2.86. The molecule has 1 aromatic rings. The monoisotopic (exact) mass is 317 g/mol. The summed E-state index contributed by atoms with van der Waals surface area (Å²) in [5, 5.41) is 0. The predicted octanol–water partition coefficient (Wildman–Crippen LogP) is 0.863. The Bertz CT molecular complexity index is 598. The van der Waals surface area contributed by atoms with E-state index in [-0.39, 0.29) is 6.54 Å². The number of esters is 1. The van der Waals surface area contributed by atoms with Gasteiger partial charge in [0.2, 0.25) is 6.29 Å². The molecule has 0 N–H and O–H groups in total. The lowest BCUT2D eigenvalue weighted by Gasteiger charge is -2.23. The molecule has 121 valence electrons. The van der Waals surface area contributed by atoms with E-state index in [0.29, 0.717) is 4.90 Å². The van der Waals surface area contributed by atoms with Crippen LogP contribution >= 0.6 is 0 Å². The Labute approximate surface area is 134 Å². The summed E-state index contributed by atoms with van der Waals surface area (Å²) in [4.78, 5) is 47.7. The highest BCUT2D eigenvalue weighted by atomic mass is 16.5. The highest BCUT2D eigenvalue weighted by molar-refractivity contribution is 6.03. The molecule has 1 rings (SSSR count). The Kier molecular flexibility index (Phi) is 7.19. The fraction of sp³-hybridized carbons (Fsp3) is 0.250. The van der Waals surface area contributed by atoms with Crippen molar-refractivity contribution in [1.29, 1.82) is 0 Å². The molecule has 0 aromatic heterocycles. The van der Waals surface area contributed by atoms with E-state index in [0.717, 1.165) is 10.5 Å². The number of likely N-dealkylation sites (N-methyl/N-ethyl adjacent to an activating group) is 1. The molecule has 23 heavy (non-hydrogen) atoms. The van der Waals surface area contributed by atoms with Crippen LogP contribution in [-0.2, 0) is 19.1 Å². The van der Waals surface area contributed by atoms with Gasteiger partial charge in [0, 0.05) is 13.1 Å². The third kappa shape index (κ3) is 5.74. The van der Waals surface area contributed by atoms with Gasteiger partial charge in [0.15, 0.2) is 0 Å². The molecule has 0 spiro atoms. The van der Waals surface area contributed by atoms with E-state index >= 15 is 0 Å². The minimum Gasteiger partial charge on any atom is -0.468 e. The first kappa shape index (κ1) is 18.1. The van der Waals surface area contributed by atoms with E-state index in [9.17, 15) is 19.2 Å². The molecule has 0 aliphatic heterocycles. The first-order valence-electron chi connectivity index (χ1n) is 6.71. The van der Waals surface area contributed by atoms with Crippen molar-refractivity contribution in [2.24, 2.45) is 0 Å². The fourth-order valence-corrected chi connectivity index (χ4v) is 1.66. The number of methoxy groups -OCH3 is 1. The van der Waals surface area contributed by atoms with Crippen molar-refractivity contribution in [1.82, 2.24) is 9.80 Å². The highest BCUT2D eigenvalue weighted by Gasteiger charge is 2.24. The zero-order valence-corrected chi connectivity index (χ0v) is 12.9. The van der Waals surface area contributed by atoms with E-state index in [2.05, 4.69) is 4.74 Å². The molecule has 7 heteroatoms. The van der Waals surface area contributed by atoms with Crippen molar-refractivity contribution in [2.75, 3.05) is 27.2 Å². The van der Waals surface area contributed by atoms with Crippen LogP contribution in [0.1, 0.15) is 5.56 Å². The van der Waals surface area contributed by atoms with Crippen molar-refractivity contribution >= 4 is 30.3 Å². The maximum atomic E-state index is 12.1. The molecular weight excluding hydrogens is 300 g/mol. The molecule has 1 radical (unpaired) electrons. The minimum absolute atomic E-state index is 0.333. The van der Waals surface area contributed by atoms with Crippen molar-refractivity contribution < 1.29 is 23.9 Å². The van der Waals surface area contributed by atoms with Gasteiger partial charge in [0.25, 0.3) is 5.91 Å². The molecular formula is C16H17N2O5. The van der Waals surface area contributed by atoms with Crippen molar-refractivity contribution in [3.63, 3.8) is 0 Å². The zero-order valence-electron chi connectivity index (χ0n) is 12.9. The molecule has 0 saturated heterocycles. The molecule has 0 aliphatic rings. The fourth-order valence-electron chi connectivity index (χ4n) is 1.66. The summed E-state index contributed by atoms with van der Waals surface area (Å²) in [6.07, 6.45) is 4.21. The summed E-state index contributed by atoms with van der Waals surface area (Å²) in [7, 11) is 2.51. The lowest BCUT2D eigenvalue weighted by molar-refractivity contribution is -0.141.